The van der Waals surface area contributed by atoms with Crippen LogP contribution >= 0.6 is 0 Å². The Morgan fingerprint density at radius 2 is 2.31 bits per heavy atom. The van der Waals surface area contributed by atoms with E-state index in [1.807, 2.05) is 6.92 Å². The molecule has 0 aromatic carbocycles. The minimum absolute atomic E-state index is 0.467. The molecule has 3 nitrogen and oxygen atoms in total. The summed E-state index contributed by atoms with van der Waals surface area (Å²) in [6, 6.07) is 0. The van der Waals surface area contributed by atoms with Crippen molar-refractivity contribution in [2.24, 2.45) is 0 Å². The van der Waals surface area contributed by atoms with Crippen molar-refractivity contribution in [1.29, 1.82) is 0 Å². The zero-order chi connectivity index (χ0) is 9.73. The monoisotopic (exact) mass is 187 g/mol. The van der Waals surface area contributed by atoms with Crippen LogP contribution in [-0.4, -0.2) is 49.0 Å². The van der Waals surface area contributed by atoms with Gasteiger partial charge in [-0.1, -0.05) is 0 Å². The van der Waals surface area contributed by atoms with Crippen LogP contribution in [0.3, 0.4) is 0 Å². The van der Waals surface area contributed by atoms with E-state index in [4.69, 9.17) is 4.74 Å². The molecule has 0 radical (unpaired) electrons. The van der Waals surface area contributed by atoms with Crippen molar-refractivity contribution in [1.82, 2.24) is 4.90 Å². The lowest BCUT2D eigenvalue weighted by atomic mass is 9.95. The Bertz CT molecular complexity index is 148. The molecular formula is C10H21NO2. The number of ether oxygens (including phenoxy) is 1. The van der Waals surface area contributed by atoms with Crippen LogP contribution in [0.1, 0.15) is 26.2 Å². The molecule has 0 spiro atoms. The molecule has 1 fully saturated rings. The predicted molar refractivity (Wildman–Crippen MR) is 52.8 cm³/mol. The first-order valence-corrected chi connectivity index (χ1v) is 5.08. The molecule has 0 bridgehead atoms. The van der Waals surface area contributed by atoms with E-state index in [1.54, 1.807) is 7.11 Å². The SMILES string of the molecule is COCCCN1CCCC(C)(O)C1. The fraction of sp³-hybridized carbons (Fsp3) is 1.00. The van der Waals surface area contributed by atoms with Gasteiger partial charge >= 0.3 is 0 Å². The fourth-order valence-electron chi connectivity index (χ4n) is 1.95. The Morgan fingerprint density at radius 3 is 2.92 bits per heavy atom. The second-order valence-corrected chi connectivity index (χ2v) is 4.22. The maximum atomic E-state index is 9.83. The molecule has 1 heterocycles. The molecule has 0 amide bonds. The molecule has 3 heteroatoms. The molecule has 1 aliphatic heterocycles. The van der Waals surface area contributed by atoms with E-state index in [0.717, 1.165) is 45.5 Å². The number of aliphatic hydroxyl groups is 1. The molecule has 0 aromatic heterocycles. The average molecular weight is 187 g/mol. The van der Waals surface area contributed by atoms with Gasteiger partial charge < -0.3 is 14.7 Å². The minimum atomic E-state index is -0.467. The van der Waals surface area contributed by atoms with Crippen LogP contribution in [0.2, 0.25) is 0 Å². The lowest BCUT2D eigenvalue weighted by Crippen LogP contribution is -2.46. The number of hydrogen-bond acceptors (Lipinski definition) is 3. The molecule has 1 rings (SSSR count). The van der Waals surface area contributed by atoms with Crippen LogP contribution in [0.15, 0.2) is 0 Å². The highest BCUT2D eigenvalue weighted by molar-refractivity contribution is 4.82. The van der Waals surface area contributed by atoms with Gasteiger partial charge in [0, 0.05) is 26.8 Å². The summed E-state index contributed by atoms with van der Waals surface area (Å²) in [6.07, 6.45) is 3.11. The third-order valence-electron chi connectivity index (χ3n) is 2.58. The van der Waals surface area contributed by atoms with Crippen molar-refractivity contribution in [2.75, 3.05) is 33.4 Å². The van der Waals surface area contributed by atoms with Crippen molar-refractivity contribution < 1.29 is 9.84 Å². The van der Waals surface area contributed by atoms with Crippen molar-refractivity contribution in [3.63, 3.8) is 0 Å². The van der Waals surface area contributed by atoms with Gasteiger partial charge in [-0.15, -0.1) is 0 Å². The predicted octanol–water partition coefficient (Wildman–Crippen LogP) is 0.870. The van der Waals surface area contributed by atoms with E-state index in [9.17, 15) is 5.11 Å². The van der Waals surface area contributed by atoms with Crippen molar-refractivity contribution >= 4 is 0 Å². The van der Waals surface area contributed by atoms with Gasteiger partial charge in [0.15, 0.2) is 0 Å². The third-order valence-corrected chi connectivity index (χ3v) is 2.58. The summed E-state index contributed by atoms with van der Waals surface area (Å²) in [6.45, 7) is 5.73. The standard InChI is InChI=1S/C10H21NO2/c1-10(12)5-3-6-11(9-10)7-4-8-13-2/h12H,3-9H2,1-2H3. The summed E-state index contributed by atoms with van der Waals surface area (Å²) in [5.74, 6) is 0. The summed E-state index contributed by atoms with van der Waals surface area (Å²) in [4.78, 5) is 2.32. The van der Waals surface area contributed by atoms with Gasteiger partial charge in [0.2, 0.25) is 0 Å². The second kappa shape index (κ2) is 4.94. The number of rotatable bonds is 4. The van der Waals surface area contributed by atoms with E-state index in [2.05, 4.69) is 4.90 Å². The summed E-state index contributed by atoms with van der Waals surface area (Å²) < 4.78 is 5.00. The van der Waals surface area contributed by atoms with Crippen molar-refractivity contribution in [2.45, 2.75) is 31.8 Å². The Balaban J connectivity index is 2.19. The van der Waals surface area contributed by atoms with E-state index in [0.29, 0.717) is 0 Å². The first kappa shape index (κ1) is 11.0. The summed E-state index contributed by atoms with van der Waals surface area (Å²) in [7, 11) is 1.73. The van der Waals surface area contributed by atoms with Crippen LogP contribution in [0.5, 0.6) is 0 Å². The van der Waals surface area contributed by atoms with Gasteiger partial charge in [-0.05, 0) is 32.7 Å². The largest absolute Gasteiger partial charge is 0.389 e. The number of β-amino-alcohol motifs (C(OH)–C–C–N with tert-alkyl or cyclic N) is 1. The highest BCUT2D eigenvalue weighted by Gasteiger charge is 2.27. The molecule has 1 N–H and O–H groups in total. The quantitative estimate of drug-likeness (QED) is 0.663. The summed E-state index contributed by atoms with van der Waals surface area (Å²) >= 11 is 0. The molecule has 1 saturated heterocycles. The highest BCUT2D eigenvalue weighted by atomic mass is 16.5. The highest BCUT2D eigenvalue weighted by Crippen LogP contribution is 2.19. The molecule has 13 heavy (non-hydrogen) atoms. The maximum absolute atomic E-state index is 9.83. The topological polar surface area (TPSA) is 32.7 Å². The van der Waals surface area contributed by atoms with Gasteiger partial charge in [-0.25, -0.2) is 0 Å². The number of likely N-dealkylation sites (tertiary alicyclic amines) is 1. The van der Waals surface area contributed by atoms with Gasteiger partial charge in [0.25, 0.3) is 0 Å². The van der Waals surface area contributed by atoms with E-state index < -0.39 is 5.60 Å². The molecular weight excluding hydrogens is 166 g/mol. The first-order valence-electron chi connectivity index (χ1n) is 5.08. The molecule has 0 saturated carbocycles. The average Bonchev–Trinajstić information content (AvgIpc) is 2.03. The zero-order valence-corrected chi connectivity index (χ0v) is 8.75. The van der Waals surface area contributed by atoms with Gasteiger partial charge in [-0.2, -0.15) is 0 Å². The molecule has 78 valence electrons. The Hall–Kier alpha value is -0.120. The Labute approximate surface area is 80.7 Å². The van der Waals surface area contributed by atoms with Gasteiger partial charge in [0.1, 0.15) is 0 Å². The third kappa shape index (κ3) is 4.07. The number of nitrogens with zero attached hydrogens (tertiary/aromatic N) is 1. The number of piperidine rings is 1. The Kier molecular flexibility index (Phi) is 4.16. The lowest BCUT2D eigenvalue weighted by molar-refractivity contribution is -0.0172. The van der Waals surface area contributed by atoms with Crippen molar-refractivity contribution in [3.8, 4) is 0 Å². The smallest absolute Gasteiger partial charge is 0.0746 e. The van der Waals surface area contributed by atoms with Gasteiger partial charge in [-0.3, -0.25) is 0 Å². The molecule has 0 aliphatic carbocycles. The van der Waals surface area contributed by atoms with Crippen LogP contribution in [0.4, 0.5) is 0 Å². The van der Waals surface area contributed by atoms with E-state index in [-0.39, 0.29) is 0 Å². The summed E-state index contributed by atoms with van der Waals surface area (Å²) in [5.41, 5.74) is -0.467. The molecule has 1 unspecified atom stereocenters. The Morgan fingerprint density at radius 1 is 1.54 bits per heavy atom. The zero-order valence-electron chi connectivity index (χ0n) is 8.75. The number of hydrogen-bond donors (Lipinski definition) is 1. The molecule has 0 aromatic rings. The minimum Gasteiger partial charge on any atom is -0.389 e. The van der Waals surface area contributed by atoms with Crippen LogP contribution < -0.4 is 0 Å². The second-order valence-electron chi connectivity index (χ2n) is 4.22. The van der Waals surface area contributed by atoms with Crippen LogP contribution in [0.25, 0.3) is 0 Å². The lowest BCUT2D eigenvalue weighted by Gasteiger charge is -2.36. The van der Waals surface area contributed by atoms with Crippen LogP contribution in [-0.2, 0) is 4.74 Å². The fourth-order valence-corrected chi connectivity index (χ4v) is 1.95. The molecule has 1 aliphatic rings. The van der Waals surface area contributed by atoms with Crippen LogP contribution in [0, 0.1) is 0 Å². The molecule has 1 atom stereocenters. The first-order chi connectivity index (χ1) is 6.14. The van der Waals surface area contributed by atoms with Gasteiger partial charge in [0.05, 0.1) is 5.60 Å². The van der Waals surface area contributed by atoms with E-state index >= 15 is 0 Å². The van der Waals surface area contributed by atoms with E-state index in [1.165, 1.54) is 0 Å². The normalized spacial score (nSPS) is 30.7. The summed E-state index contributed by atoms with van der Waals surface area (Å²) in [5, 5.41) is 9.83. The number of methoxy groups -OCH3 is 1. The van der Waals surface area contributed by atoms with Crippen molar-refractivity contribution in [3.05, 3.63) is 0 Å². The maximum Gasteiger partial charge on any atom is 0.0746 e.